The Morgan fingerprint density at radius 3 is 2.50 bits per heavy atom. The lowest BCUT2D eigenvalue weighted by atomic mass is 10.1. The summed E-state index contributed by atoms with van der Waals surface area (Å²) in [7, 11) is 1.51. The Hall–Kier alpha value is -2.82. The molecule has 1 aromatic heterocycles. The third kappa shape index (κ3) is 5.92. The third-order valence-electron chi connectivity index (χ3n) is 3.79. The molecule has 2 rings (SSSR count). The van der Waals surface area contributed by atoms with Crippen LogP contribution in [-0.4, -0.2) is 31.5 Å². The van der Waals surface area contributed by atoms with Crippen molar-refractivity contribution in [2.75, 3.05) is 20.3 Å². The number of ether oxygens (including phenoxy) is 2. The molecule has 0 saturated heterocycles. The van der Waals surface area contributed by atoms with E-state index in [1.165, 1.54) is 7.11 Å². The fourth-order valence-electron chi connectivity index (χ4n) is 2.50. The molecule has 0 atom stereocenters. The summed E-state index contributed by atoms with van der Waals surface area (Å²) in [5.74, 6) is 1.78. The van der Waals surface area contributed by atoms with Crippen LogP contribution in [0, 0.1) is 13.8 Å². The maximum Gasteiger partial charge on any atom is 0.125 e. The molecule has 0 saturated carbocycles. The molecule has 2 aromatic rings. The summed E-state index contributed by atoms with van der Waals surface area (Å²) >= 11 is 0. The van der Waals surface area contributed by atoms with Gasteiger partial charge < -0.3 is 14.3 Å². The molecule has 5 nitrogen and oxygen atoms in total. The molecule has 26 heavy (non-hydrogen) atoms. The lowest BCUT2D eigenvalue weighted by Crippen LogP contribution is -2.05. The van der Waals surface area contributed by atoms with E-state index in [0.29, 0.717) is 13.2 Å². The highest BCUT2D eigenvalue weighted by Crippen LogP contribution is 2.28. The van der Waals surface area contributed by atoms with Crippen molar-refractivity contribution in [3.05, 3.63) is 65.0 Å². The molecule has 0 spiro atoms. The van der Waals surface area contributed by atoms with Gasteiger partial charge in [0.15, 0.2) is 0 Å². The van der Waals surface area contributed by atoms with E-state index in [0.717, 1.165) is 40.3 Å². The number of rotatable bonds is 9. The van der Waals surface area contributed by atoms with Gasteiger partial charge in [-0.05, 0) is 55.7 Å². The zero-order chi connectivity index (χ0) is 18.8. The number of nitrogens with zero attached hydrogens (tertiary/aromatic N) is 2. The second kappa shape index (κ2) is 10.2. The fourth-order valence-corrected chi connectivity index (χ4v) is 2.50. The summed E-state index contributed by atoms with van der Waals surface area (Å²) in [4.78, 5) is 8.96. The van der Waals surface area contributed by atoms with Gasteiger partial charge in [0.25, 0.3) is 0 Å². The Kier molecular flexibility index (Phi) is 7.68. The average molecular weight is 354 g/mol. The van der Waals surface area contributed by atoms with Gasteiger partial charge in [-0.3, -0.25) is 4.98 Å². The predicted molar refractivity (Wildman–Crippen MR) is 104 cm³/mol. The summed E-state index contributed by atoms with van der Waals surface area (Å²) in [6.45, 7) is 7.22. The van der Waals surface area contributed by atoms with Crippen LogP contribution in [-0.2, 0) is 11.3 Å². The van der Waals surface area contributed by atoms with Gasteiger partial charge in [0.1, 0.15) is 25.2 Å². The first-order valence-electron chi connectivity index (χ1n) is 8.63. The van der Waals surface area contributed by atoms with Crippen LogP contribution in [0.25, 0.3) is 0 Å². The number of benzene rings is 1. The van der Waals surface area contributed by atoms with Gasteiger partial charge in [0.2, 0.25) is 0 Å². The van der Waals surface area contributed by atoms with Gasteiger partial charge in [-0.1, -0.05) is 23.4 Å². The SMILES string of the molecule is C/C=C/COc1cc(C)c(OCCc2ccc(/C=N/OC)nc2)c(C)c1. The first-order valence-corrected chi connectivity index (χ1v) is 8.63. The molecule has 0 N–H and O–H groups in total. The first kappa shape index (κ1) is 19.5. The molecule has 0 aliphatic carbocycles. The molecule has 0 fully saturated rings. The Bertz CT molecular complexity index is 729. The summed E-state index contributed by atoms with van der Waals surface area (Å²) in [5, 5.41) is 3.70. The number of hydrogen-bond donors (Lipinski definition) is 0. The molecule has 0 aliphatic rings. The zero-order valence-corrected chi connectivity index (χ0v) is 15.9. The van der Waals surface area contributed by atoms with Gasteiger partial charge in [0, 0.05) is 12.6 Å². The number of oxime groups is 1. The van der Waals surface area contributed by atoms with E-state index in [1.54, 1.807) is 6.21 Å². The summed E-state index contributed by atoms with van der Waals surface area (Å²) in [6, 6.07) is 7.95. The molecule has 0 amide bonds. The molecular weight excluding hydrogens is 328 g/mol. The summed E-state index contributed by atoms with van der Waals surface area (Å²) in [5.41, 5.74) is 4.02. The van der Waals surface area contributed by atoms with Crippen LogP contribution in [0.5, 0.6) is 11.5 Å². The second-order valence-electron chi connectivity index (χ2n) is 5.87. The maximum absolute atomic E-state index is 6.00. The van der Waals surface area contributed by atoms with E-state index in [1.807, 2.05) is 63.4 Å². The van der Waals surface area contributed by atoms with Crippen LogP contribution in [0.3, 0.4) is 0 Å². The van der Waals surface area contributed by atoms with Gasteiger partial charge in [-0.2, -0.15) is 0 Å². The summed E-state index contributed by atoms with van der Waals surface area (Å²) < 4.78 is 11.7. The number of aryl methyl sites for hydroxylation is 2. The van der Waals surface area contributed by atoms with Crippen molar-refractivity contribution in [3.8, 4) is 11.5 Å². The topological polar surface area (TPSA) is 52.9 Å². The first-order chi connectivity index (χ1) is 12.6. The van der Waals surface area contributed by atoms with E-state index >= 15 is 0 Å². The Labute approximate surface area is 155 Å². The maximum atomic E-state index is 6.00. The molecule has 0 radical (unpaired) electrons. The van der Waals surface area contributed by atoms with Gasteiger partial charge >= 0.3 is 0 Å². The van der Waals surface area contributed by atoms with E-state index in [2.05, 4.69) is 15.0 Å². The Morgan fingerprint density at radius 1 is 1.12 bits per heavy atom. The molecular formula is C21H26N2O3. The highest BCUT2D eigenvalue weighted by Gasteiger charge is 2.07. The molecule has 1 heterocycles. The number of pyridine rings is 1. The lowest BCUT2D eigenvalue weighted by Gasteiger charge is -2.14. The minimum atomic E-state index is 0.577. The van der Waals surface area contributed by atoms with Crippen LogP contribution in [0.4, 0.5) is 0 Å². The van der Waals surface area contributed by atoms with Gasteiger partial charge in [0.05, 0.1) is 18.5 Å². The van der Waals surface area contributed by atoms with Gasteiger partial charge in [-0.15, -0.1) is 0 Å². The van der Waals surface area contributed by atoms with E-state index in [9.17, 15) is 0 Å². The smallest absolute Gasteiger partial charge is 0.125 e. The van der Waals surface area contributed by atoms with Crippen LogP contribution >= 0.6 is 0 Å². The molecule has 5 heteroatoms. The number of aromatic nitrogens is 1. The molecule has 0 aliphatic heterocycles. The van der Waals surface area contributed by atoms with Crippen molar-refractivity contribution in [1.82, 2.24) is 4.98 Å². The van der Waals surface area contributed by atoms with E-state index < -0.39 is 0 Å². The Morgan fingerprint density at radius 2 is 1.88 bits per heavy atom. The fraction of sp³-hybridized carbons (Fsp3) is 0.333. The van der Waals surface area contributed by atoms with Crippen molar-refractivity contribution >= 4 is 6.21 Å². The normalized spacial score (nSPS) is 11.2. The largest absolute Gasteiger partial charge is 0.493 e. The molecule has 0 bridgehead atoms. The number of allylic oxidation sites excluding steroid dienone is 1. The van der Waals surface area contributed by atoms with E-state index in [-0.39, 0.29) is 0 Å². The highest BCUT2D eigenvalue weighted by molar-refractivity contribution is 5.76. The second-order valence-corrected chi connectivity index (χ2v) is 5.87. The highest BCUT2D eigenvalue weighted by atomic mass is 16.6. The van der Waals surface area contributed by atoms with E-state index in [4.69, 9.17) is 9.47 Å². The monoisotopic (exact) mass is 354 g/mol. The van der Waals surface area contributed by atoms with Crippen molar-refractivity contribution in [1.29, 1.82) is 0 Å². The molecule has 0 unspecified atom stereocenters. The average Bonchev–Trinajstić information content (AvgIpc) is 2.63. The minimum Gasteiger partial charge on any atom is -0.493 e. The van der Waals surface area contributed by atoms with Crippen molar-refractivity contribution in [2.24, 2.45) is 5.16 Å². The minimum absolute atomic E-state index is 0.577. The third-order valence-corrected chi connectivity index (χ3v) is 3.79. The van der Waals surface area contributed by atoms with Gasteiger partial charge in [-0.25, -0.2) is 0 Å². The van der Waals surface area contributed by atoms with Crippen LogP contribution in [0.15, 0.2) is 47.8 Å². The Balaban J connectivity index is 1.91. The molecule has 1 aromatic carbocycles. The quantitative estimate of drug-likeness (QED) is 0.384. The number of hydrogen-bond acceptors (Lipinski definition) is 5. The van der Waals surface area contributed by atoms with Crippen molar-refractivity contribution in [3.63, 3.8) is 0 Å². The summed E-state index contributed by atoms with van der Waals surface area (Å²) in [6.07, 6.45) is 8.15. The van der Waals surface area contributed by atoms with Crippen molar-refractivity contribution < 1.29 is 14.3 Å². The lowest BCUT2D eigenvalue weighted by molar-refractivity contribution is 0.215. The predicted octanol–water partition coefficient (Wildman–Crippen LogP) is 4.26. The standard InChI is InChI=1S/C21H26N2O3/c1-5-6-10-25-20-12-16(2)21(17(3)13-20)26-11-9-18-7-8-19(22-14-18)15-23-24-4/h5-8,12-15H,9-11H2,1-4H3/b6-5+,23-15+. The molecule has 138 valence electrons. The van der Waals surface area contributed by atoms with Crippen LogP contribution < -0.4 is 9.47 Å². The van der Waals surface area contributed by atoms with Crippen molar-refractivity contribution in [2.45, 2.75) is 27.2 Å². The van der Waals surface area contributed by atoms with Crippen LogP contribution in [0.2, 0.25) is 0 Å². The zero-order valence-electron chi connectivity index (χ0n) is 15.9. The van der Waals surface area contributed by atoms with Crippen LogP contribution in [0.1, 0.15) is 29.3 Å².